The van der Waals surface area contributed by atoms with Gasteiger partial charge in [-0.05, 0) is 17.7 Å². The lowest BCUT2D eigenvalue weighted by molar-refractivity contribution is -0.384. The van der Waals surface area contributed by atoms with E-state index in [1.54, 1.807) is 22.9 Å². The Morgan fingerprint density at radius 3 is 2.63 bits per heavy atom. The lowest BCUT2D eigenvalue weighted by atomic mass is 10.1. The van der Waals surface area contributed by atoms with Crippen molar-refractivity contribution in [1.29, 1.82) is 0 Å². The average Bonchev–Trinajstić information content (AvgIpc) is 3.18. The molecule has 0 bridgehead atoms. The molecule has 4 rings (SSSR count). The predicted octanol–water partition coefficient (Wildman–Crippen LogP) is 3.15. The summed E-state index contributed by atoms with van der Waals surface area (Å²) in [6, 6.07) is 17.6. The molecular weight excluding hydrogens is 346 g/mol. The highest BCUT2D eigenvalue weighted by molar-refractivity contribution is 5.80. The Kier molecular flexibility index (Phi) is 4.24. The van der Waals surface area contributed by atoms with Crippen molar-refractivity contribution in [3.63, 3.8) is 0 Å². The quantitative estimate of drug-likeness (QED) is 0.333. The van der Waals surface area contributed by atoms with Gasteiger partial charge in [0, 0.05) is 23.8 Å². The molecule has 0 spiro atoms. The highest BCUT2D eigenvalue weighted by Gasteiger charge is 2.08. The second-order valence-corrected chi connectivity index (χ2v) is 5.58. The molecule has 2 aromatic carbocycles. The van der Waals surface area contributed by atoms with Gasteiger partial charge in [0.2, 0.25) is 0 Å². The summed E-state index contributed by atoms with van der Waals surface area (Å²) in [4.78, 5) is 18.9. The fourth-order valence-electron chi connectivity index (χ4n) is 2.50. The van der Waals surface area contributed by atoms with Crippen molar-refractivity contribution in [3.8, 4) is 11.3 Å². The number of hydrazone groups is 1. The molecule has 2 heterocycles. The molecule has 0 saturated heterocycles. The first kappa shape index (κ1) is 16.3. The summed E-state index contributed by atoms with van der Waals surface area (Å²) >= 11 is 0. The third-order valence-electron chi connectivity index (χ3n) is 3.82. The Labute approximate surface area is 153 Å². The Bertz CT molecular complexity index is 1120. The standard InChI is InChI=1S/C18H13N7O2/c26-25(27)15-8-6-13(7-9-15)11-20-23-17-10-16(14-4-2-1-3-5-14)22-18-19-12-21-24(17)18/h1-12,23H/b20-11+. The van der Waals surface area contributed by atoms with E-state index in [1.807, 2.05) is 36.4 Å². The minimum Gasteiger partial charge on any atom is -0.261 e. The van der Waals surface area contributed by atoms with Gasteiger partial charge in [-0.1, -0.05) is 30.3 Å². The fourth-order valence-corrected chi connectivity index (χ4v) is 2.50. The Balaban J connectivity index is 1.61. The van der Waals surface area contributed by atoms with Crippen LogP contribution in [0, 0.1) is 10.1 Å². The van der Waals surface area contributed by atoms with Crippen LogP contribution < -0.4 is 5.43 Å². The number of aromatic nitrogens is 4. The number of nitrogens with one attached hydrogen (secondary N) is 1. The van der Waals surface area contributed by atoms with Gasteiger partial charge in [-0.3, -0.25) is 15.5 Å². The van der Waals surface area contributed by atoms with E-state index in [0.29, 0.717) is 11.6 Å². The van der Waals surface area contributed by atoms with Crippen LogP contribution in [0.4, 0.5) is 11.5 Å². The van der Waals surface area contributed by atoms with Crippen LogP contribution in [0.15, 0.2) is 72.1 Å². The summed E-state index contributed by atoms with van der Waals surface area (Å²) in [5, 5.41) is 19.0. The molecule has 0 saturated carbocycles. The topological polar surface area (TPSA) is 111 Å². The lowest BCUT2D eigenvalue weighted by Crippen LogP contribution is -2.02. The molecule has 0 aliphatic heterocycles. The molecule has 0 unspecified atom stereocenters. The zero-order valence-corrected chi connectivity index (χ0v) is 13.9. The van der Waals surface area contributed by atoms with E-state index < -0.39 is 4.92 Å². The minimum atomic E-state index is -0.442. The number of fused-ring (bicyclic) bond motifs is 1. The molecule has 0 atom stereocenters. The predicted molar refractivity (Wildman–Crippen MR) is 101 cm³/mol. The van der Waals surface area contributed by atoms with Crippen molar-refractivity contribution in [3.05, 3.63) is 82.7 Å². The molecule has 132 valence electrons. The number of nitro groups is 1. The number of hydrogen-bond acceptors (Lipinski definition) is 7. The van der Waals surface area contributed by atoms with Crippen LogP contribution in [0.25, 0.3) is 17.0 Å². The molecule has 9 nitrogen and oxygen atoms in total. The zero-order valence-electron chi connectivity index (χ0n) is 13.9. The van der Waals surface area contributed by atoms with Gasteiger partial charge in [0.25, 0.3) is 11.5 Å². The van der Waals surface area contributed by atoms with Crippen LogP contribution in [-0.2, 0) is 0 Å². The average molecular weight is 359 g/mol. The summed E-state index contributed by atoms with van der Waals surface area (Å²) in [6.45, 7) is 0. The van der Waals surface area contributed by atoms with E-state index in [4.69, 9.17) is 0 Å². The molecule has 9 heteroatoms. The normalized spacial score (nSPS) is 11.1. The molecule has 0 fully saturated rings. The van der Waals surface area contributed by atoms with Gasteiger partial charge in [0.05, 0.1) is 16.8 Å². The summed E-state index contributed by atoms with van der Waals surface area (Å²) in [7, 11) is 0. The van der Waals surface area contributed by atoms with Crippen LogP contribution in [0.5, 0.6) is 0 Å². The molecule has 1 N–H and O–H groups in total. The summed E-state index contributed by atoms with van der Waals surface area (Å²) < 4.78 is 1.54. The van der Waals surface area contributed by atoms with Gasteiger partial charge >= 0.3 is 0 Å². The number of non-ortho nitro benzene ring substituents is 1. The smallest absolute Gasteiger partial charge is 0.261 e. The van der Waals surface area contributed by atoms with Crippen molar-refractivity contribution < 1.29 is 4.92 Å². The van der Waals surface area contributed by atoms with E-state index in [9.17, 15) is 10.1 Å². The third-order valence-corrected chi connectivity index (χ3v) is 3.82. The van der Waals surface area contributed by atoms with E-state index >= 15 is 0 Å². The number of anilines is 1. The largest absolute Gasteiger partial charge is 0.269 e. The molecule has 0 aliphatic carbocycles. The number of nitro benzene ring substituents is 1. The molecular formula is C18H13N7O2. The highest BCUT2D eigenvalue weighted by atomic mass is 16.6. The first-order chi connectivity index (χ1) is 13.2. The van der Waals surface area contributed by atoms with E-state index in [-0.39, 0.29) is 5.69 Å². The van der Waals surface area contributed by atoms with Crippen LogP contribution in [0.2, 0.25) is 0 Å². The highest BCUT2D eigenvalue weighted by Crippen LogP contribution is 2.21. The van der Waals surface area contributed by atoms with E-state index in [1.165, 1.54) is 18.5 Å². The number of rotatable bonds is 5. The van der Waals surface area contributed by atoms with Gasteiger partial charge in [0.15, 0.2) is 5.82 Å². The van der Waals surface area contributed by atoms with Crippen LogP contribution in [0.3, 0.4) is 0 Å². The number of nitrogens with zero attached hydrogens (tertiary/aromatic N) is 6. The SMILES string of the molecule is O=[N+]([O-])c1ccc(/C=N/Nc2cc(-c3ccccc3)nc3ncnn23)cc1. The van der Waals surface area contributed by atoms with Crippen molar-refractivity contribution in [2.45, 2.75) is 0 Å². The van der Waals surface area contributed by atoms with Crippen molar-refractivity contribution >= 4 is 23.5 Å². The first-order valence-electron chi connectivity index (χ1n) is 8.00. The number of hydrogen-bond donors (Lipinski definition) is 1. The molecule has 27 heavy (non-hydrogen) atoms. The molecule has 0 amide bonds. The number of benzene rings is 2. The summed E-state index contributed by atoms with van der Waals surface area (Å²) in [6.07, 6.45) is 2.98. The monoisotopic (exact) mass is 359 g/mol. The first-order valence-corrected chi connectivity index (χ1v) is 8.00. The second kappa shape index (κ2) is 7.00. The minimum absolute atomic E-state index is 0.0334. The maximum atomic E-state index is 10.7. The van der Waals surface area contributed by atoms with Gasteiger partial charge < -0.3 is 0 Å². The molecule has 2 aromatic heterocycles. The van der Waals surface area contributed by atoms with Gasteiger partial charge in [-0.2, -0.15) is 19.7 Å². The van der Waals surface area contributed by atoms with Gasteiger partial charge in [-0.25, -0.2) is 4.98 Å². The van der Waals surface area contributed by atoms with Crippen molar-refractivity contribution in [2.24, 2.45) is 5.10 Å². The van der Waals surface area contributed by atoms with Gasteiger partial charge in [0.1, 0.15) is 6.33 Å². The Morgan fingerprint density at radius 1 is 1.11 bits per heavy atom. The second-order valence-electron chi connectivity index (χ2n) is 5.58. The lowest BCUT2D eigenvalue weighted by Gasteiger charge is -2.06. The van der Waals surface area contributed by atoms with E-state index in [0.717, 1.165) is 16.8 Å². The Morgan fingerprint density at radius 2 is 1.89 bits per heavy atom. The van der Waals surface area contributed by atoms with Crippen molar-refractivity contribution in [2.75, 3.05) is 5.43 Å². The van der Waals surface area contributed by atoms with Gasteiger partial charge in [-0.15, -0.1) is 0 Å². The van der Waals surface area contributed by atoms with Crippen LogP contribution in [0.1, 0.15) is 5.56 Å². The maximum Gasteiger partial charge on any atom is 0.269 e. The fraction of sp³-hybridized carbons (Fsp3) is 0. The molecule has 4 aromatic rings. The summed E-state index contributed by atoms with van der Waals surface area (Å²) in [5.74, 6) is 1.04. The Hall–Kier alpha value is -4.14. The van der Waals surface area contributed by atoms with Crippen LogP contribution in [-0.4, -0.2) is 30.7 Å². The third kappa shape index (κ3) is 3.47. The van der Waals surface area contributed by atoms with E-state index in [2.05, 4.69) is 25.6 Å². The van der Waals surface area contributed by atoms with Crippen LogP contribution >= 0.6 is 0 Å². The molecule has 0 aliphatic rings. The van der Waals surface area contributed by atoms with Crippen molar-refractivity contribution in [1.82, 2.24) is 19.6 Å². The zero-order chi connectivity index (χ0) is 18.6. The maximum absolute atomic E-state index is 10.7. The summed E-state index contributed by atoms with van der Waals surface area (Å²) in [5.41, 5.74) is 5.37. The molecule has 0 radical (unpaired) electrons.